The van der Waals surface area contributed by atoms with Crippen LogP contribution in [0, 0.1) is 58.2 Å². The molecule has 4 aliphatic carbocycles. The first kappa shape index (κ1) is 41.2. The van der Waals surface area contributed by atoms with E-state index < -0.39 is 0 Å². The molecule has 0 aliphatic heterocycles. The maximum atomic E-state index is 13.3. The molecule has 4 aliphatic rings. The second kappa shape index (κ2) is 20.6. The van der Waals surface area contributed by atoms with E-state index in [1.165, 1.54) is 161 Å². The van der Waals surface area contributed by atoms with Gasteiger partial charge in [0.15, 0.2) is 0 Å². The van der Waals surface area contributed by atoms with Crippen molar-refractivity contribution in [2.75, 3.05) is 0 Å². The van der Waals surface area contributed by atoms with E-state index in [0.717, 1.165) is 60.2 Å². The Hall–Kier alpha value is -0.530. The molecule has 0 radical (unpaired) electrons. The second-order valence-corrected chi connectivity index (χ2v) is 19.3. The fourth-order valence-corrected chi connectivity index (χ4v) is 13.0. The van der Waals surface area contributed by atoms with Gasteiger partial charge >= 0.3 is 5.97 Å². The van der Waals surface area contributed by atoms with Crippen molar-refractivity contribution in [2.24, 2.45) is 58.2 Å². The van der Waals surface area contributed by atoms with Gasteiger partial charge in [-0.25, -0.2) is 0 Å². The summed E-state index contributed by atoms with van der Waals surface area (Å²) in [6.07, 6.45) is 37.7. The van der Waals surface area contributed by atoms with E-state index in [-0.39, 0.29) is 17.5 Å². The minimum absolute atomic E-state index is 0.117. The molecule has 0 heterocycles. The molecule has 0 aromatic carbocycles. The van der Waals surface area contributed by atoms with Gasteiger partial charge in [0.2, 0.25) is 0 Å². The number of rotatable bonds is 23. The number of carbonyl (C=O) groups excluding carboxylic acids is 1. The molecule has 0 spiro atoms. The van der Waals surface area contributed by atoms with Crippen LogP contribution in [0.15, 0.2) is 0 Å². The number of esters is 1. The van der Waals surface area contributed by atoms with Crippen molar-refractivity contribution in [1.29, 1.82) is 0 Å². The first-order valence-electron chi connectivity index (χ1n) is 22.9. The summed E-state index contributed by atoms with van der Waals surface area (Å²) in [4.78, 5) is 13.3. The molecule has 2 nitrogen and oxygen atoms in total. The van der Waals surface area contributed by atoms with E-state index in [9.17, 15) is 4.79 Å². The maximum absolute atomic E-state index is 13.3. The van der Waals surface area contributed by atoms with Crippen LogP contribution in [-0.4, -0.2) is 12.1 Å². The van der Waals surface area contributed by atoms with Crippen molar-refractivity contribution in [3.05, 3.63) is 0 Å². The normalized spacial score (nSPS) is 33.9. The molecule has 10 atom stereocenters. The van der Waals surface area contributed by atoms with Crippen molar-refractivity contribution in [2.45, 2.75) is 234 Å². The van der Waals surface area contributed by atoms with E-state index in [0.29, 0.717) is 11.8 Å². The highest BCUT2D eigenvalue weighted by Crippen LogP contribution is 2.68. The van der Waals surface area contributed by atoms with Gasteiger partial charge in [-0.3, -0.25) is 4.79 Å². The van der Waals surface area contributed by atoms with E-state index >= 15 is 0 Å². The number of hydrogen-bond acceptors (Lipinski definition) is 2. The van der Waals surface area contributed by atoms with E-state index in [1.54, 1.807) is 0 Å². The topological polar surface area (TPSA) is 26.3 Å². The van der Waals surface area contributed by atoms with Gasteiger partial charge in [-0.15, -0.1) is 0 Å². The standard InChI is InChI=1S/C47H86O2/c1-8-10-11-12-13-14-15-16-17-18-19-20-21-22-23-27-45(48)49-44-26-24-25-39-30-31-40-42-33-32-41(37(5)28-29-38(9-2)36(3)4)46(42,6)35-34-43(40)47(39,44)7/h36-44H,8-35H2,1-7H3/t37-,38-,39?,40-,41-,42+,43+,44?,46-,47+/m1/s1. The maximum Gasteiger partial charge on any atom is 0.306 e. The van der Waals surface area contributed by atoms with Crippen LogP contribution in [-0.2, 0) is 9.53 Å². The number of unbranched alkanes of at least 4 members (excludes halogenated alkanes) is 14. The van der Waals surface area contributed by atoms with Gasteiger partial charge in [-0.2, -0.15) is 0 Å². The highest BCUT2D eigenvalue weighted by atomic mass is 16.5. The Kier molecular flexibility index (Phi) is 17.4. The largest absolute Gasteiger partial charge is 0.462 e. The fourth-order valence-electron chi connectivity index (χ4n) is 13.0. The molecule has 4 saturated carbocycles. The first-order chi connectivity index (χ1) is 23.7. The Morgan fingerprint density at radius 3 is 1.88 bits per heavy atom. The van der Waals surface area contributed by atoms with Crippen molar-refractivity contribution >= 4 is 5.97 Å². The zero-order valence-corrected chi connectivity index (χ0v) is 34.3. The van der Waals surface area contributed by atoms with Gasteiger partial charge in [-0.05, 0) is 123 Å². The van der Waals surface area contributed by atoms with E-state index in [2.05, 4.69) is 48.5 Å². The molecule has 4 rings (SSSR count). The SMILES string of the molecule is CCCCCCCCCCCCCCCCCC(=O)OC1CCCC2CC[C@H]3[C@H](CC[C@]4(C)[C@@H]([C@H](C)CC[C@@H](CC)C(C)C)CC[C@@H]34)[C@]21C. The quantitative estimate of drug-likeness (QED) is 0.0792. The van der Waals surface area contributed by atoms with Gasteiger partial charge in [0.25, 0.3) is 0 Å². The predicted octanol–water partition coefficient (Wildman–Crippen LogP) is 14.9. The molecule has 49 heavy (non-hydrogen) atoms. The summed E-state index contributed by atoms with van der Waals surface area (Å²) in [5.74, 6) is 6.85. The van der Waals surface area contributed by atoms with Crippen molar-refractivity contribution in [3.8, 4) is 0 Å². The number of hydrogen-bond donors (Lipinski definition) is 0. The molecule has 0 aromatic heterocycles. The highest BCUT2D eigenvalue weighted by molar-refractivity contribution is 5.69. The number of carbonyl (C=O) groups is 1. The average molecular weight is 683 g/mol. The minimum atomic E-state index is 0.117. The third-order valence-corrected chi connectivity index (χ3v) is 16.2. The molecular formula is C47H86O2. The molecule has 286 valence electrons. The summed E-state index contributed by atoms with van der Waals surface area (Å²) in [5.41, 5.74) is 0.722. The van der Waals surface area contributed by atoms with Crippen LogP contribution >= 0.6 is 0 Å². The number of fused-ring (bicyclic) bond motifs is 5. The summed E-state index contributed by atoms with van der Waals surface area (Å²) >= 11 is 0. The van der Waals surface area contributed by atoms with Crippen LogP contribution in [0.1, 0.15) is 228 Å². The van der Waals surface area contributed by atoms with Gasteiger partial charge in [0, 0.05) is 11.8 Å². The van der Waals surface area contributed by atoms with E-state index in [4.69, 9.17) is 4.74 Å². The zero-order valence-electron chi connectivity index (χ0n) is 34.3. The molecule has 0 N–H and O–H groups in total. The van der Waals surface area contributed by atoms with Crippen molar-refractivity contribution in [1.82, 2.24) is 0 Å². The molecule has 2 unspecified atom stereocenters. The average Bonchev–Trinajstić information content (AvgIpc) is 3.44. The van der Waals surface area contributed by atoms with Gasteiger partial charge in [0.05, 0.1) is 0 Å². The molecule has 0 amide bonds. The summed E-state index contributed by atoms with van der Waals surface area (Å²) in [7, 11) is 0. The fraction of sp³-hybridized carbons (Fsp3) is 0.979. The Morgan fingerprint density at radius 2 is 1.29 bits per heavy atom. The second-order valence-electron chi connectivity index (χ2n) is 19.3. The van der Waals surface area contributed by atoms with Crippen molar-refractivity contribution < 1.29 is 9.53 Å². The summed E-state index contributed by atoms with van der Waals surface area (Å²) in [6.45, 7) is 17.5. The number of ether oxygens (including phenoxy) is 1. The molecular weight excluding hydrogens is 597 g/mol. The first-order valence-corrected chi connectivity index (χ1v) is 22.9. The third kappa shape index (κ3) is 10.8. The van der Waals surface area contributed by atoms with Crippen LogP contribution in [0.4, 0.5) is 0 Å². The Balaban J connectivity index is 1.18. The van der Waals surface area contributed by atoms with Crippen molar-refractivity contribution in [3.63, 3.8) is 0 Å². The smallest absolute Gasteiger partial charge is 0.306 e. The highest BCUT2D eigenvalue weighted by Gasteiger charge is 2.62. The lowest BCUT2D eigenvalue weighted by atomic mass is 9.44. The van der Waals surface area contributed by atoms with Gasteiger partial charge < -0.3 is 4.74 Å². The molecule has 2 heteroatoms. The summed E-state index contributed by atoms with van der Waals surface area (Å²) in [5, 5.41) is 0. The van der Waals surface area contributed by atoms with Crippen LogP contribution in [0.2, 0.25) is 0 Å². The lowest BCUT2D eigenvalue weighted by Gasteiger charge is -2.62. The Labute approximate surface area is 307 Å². The monoisotopic (exact) mass is 683 g/mol. The lowest BCUT2D eigenvalue weighted by Crippen LogP contribution is -2.58. The van der Waals surface area contributed by atoms with Crippen LogP contribution in [0.5, 0.6) is 0 Å². The summed E-state index contributed by atoms with van der Waals surface area (Å²) < 4.78 is 6.57. The van der Waals surface area contributed by atoms with Crippen LogP contribution in [0.25, 0.3) is 0 Å². The summed E-state index contributed by atoms with van der Waals surface area (Å²) in [6, 6.07) is 0. The Bertz CT molecular complexity index is 925. The van der Waals surface area contributed by atoms with Gasteiger partial charge in [-0.1, -0.05) is 151 Å². The molecule has 4 fully saturated rings. The molecule has 0 bridgehead atoms. The third-order valence-electron chi connectivity index (χ3n) is 16.2. The minimum Gasteiger partial charge on any atom is -0.462 e. The lowest BCUT2D eigenvalue weighted by molar-refractivity contribution is -0.192. The van der Waals surface area contributed by atoms with E-state index in [1.807, 2.05) is 0 Å². The molecule has 0 saturated heterocycles. The molecule has 0 aromatic rings. The zero-order chi connectivity index (χ0) is 35.3. The van der Waals surface area contributed by atoms with Crippen LogP contribution in [0.3, 0.4) is 0 Å². The predicted molar refractivity (Wildman–Crippen MR) is 212 cm³/mol. The Morgan fingerprint density at radius 1 is 0.673 bits per heavy atom. The van der Waals surface area contributed by atoms with Gasteiger partial charge in [0.1, 0.15) is 6.10 Å². The van der Waals surface area contributed by atoms with Crippen LogP contribution < -0.4 is 0 Å².